The van der Waals surface area contributed by atoms with E-state index in [0.717, 1.165) is 42.4 Å². The number of hydrogen-bond acceptors (Lipinski definition) is 3. The number of aromatic hydroxyl groups is 1. The van der Waals surface area contributed by atoms with Crippen molar-refractivity contribution in [2.45, 2.75) is 19.3 Å². The lowest BCUT2D eigenvalue weighted by Crippen LogP contribution is -2.35. The third kappa shape index (κ3) is 4.37. The minimum Gasteiger partial charge on any atom is -0.494 e. The molecule has 1 amide bonds. The van der Waals surface area contributed by atoms with E-state index < -0.39 is 0 Å². The van der Waals surface area contributed by atoms with Crippen molar-refractivity contribution in [2.75, 3.05) is 13.1 Å². The lowest BCUT2D eigenvalue weighted by atomic mass is 10.0. The van der Waals surface area contributed by atoms with Crippen LogP contribution in [0.5, 0.6) is 5.88 Å². The number of aromatic nitrogens is 1. The average molecular weight is 458 g/mol. The Labute approximate surface area is 197 Å². The normalized spacial score (nSPS) is 14.6. The van der Waals surface area contributed by atoms with E-state index in [4.69, 9.17) is 16.6 Å². The number of H-pyrrole nitrogens is 1. The smallest absolute Gasteiger partial charge is 0.253 e. The molecule has 6 heteroatoms. The number of fused-ring (bicyclic) bond motifs is 1. The zero-order valence-corrected chi connectivity index (χ0v) is 18.8. The molecule has 2 heterocycles. The van der Waals surface area contributed by atoms with Crippen molar-refractivity contribution < 1.29 is 9.90 Å². The van der Waals surface area contributed by atoms with Gasteiger partial charge in [-0.1, -0.05) is 48.0 Å². The number of aliphatic imine (C=N–C) groups is 1. The van der Waals surface area contributed by atoms with Crippen LogP contribution in [0.15, 0.2) is 77.8 Å². The number of amides is 1. The molecule has 0 aliphatic carbocycles. The lowest BCUT2D eigenvalue weighted by Gasteiger charge is -2.26. The minimum absolute atomic E-state index is 0.0340. The number of nitrogens with zero attached hydrogens (tertiary/aromatic N) is 2. The average Bonchev–Trinajstić information content (AvgIpc) is 3.18. The van der Waals surface area contributed by atoms with Crippen molar-refractivity contribution in [3.63, 3.8) is 0 Å². The van der Waals surface area contributed by atoms with Gasteiger partial charge in [0.05, 0.1) is 22.5 Å². The molecule has 1 fully saturated rings. The summed E-state index contributed by atoms with van der Waals surface area (Å²) in [6, 6.07) is 22.5. The number of halogens is 1. The second-order valence-corrected chi connectivity index (χ2v) is 8.70. The van der Waals surface area contributed by atoms with Gasteiger partial charge in [0.25, 0.3) is 5.91 Å². The predicted octanol–water partition coefficient (Wildman–Crippen LogP) is 6.32. The Morgan fingerprint density at radius 3 is 2.36 bits per heavy atom. The van der Waals surface area contributed by atoms with E-state index in [2.05, 4.69) is 4.98 Å². The third-order valence-electron chi connectivity index (χ3n) is 6.02. The summed E-state index contributed by atoms with van der Waals surface area (Å²) in [5.41, 5.74) is 4.23. The summed E-state index contributed by atoms with van der Waals surface area (Å²) >= 11 is 6.14. The van der Waals surface area contributed by atoms with Gasteiger partial charge in [0.1, 0.15) is 0 Å². The Morgan fingerprint density at radius 1 is 0.909 bits per heavy atom. The van der Waals surface area contributed by atoms with Gasteiger partial charge in [0.15, 0.2) is 5.88 Å². The van der Waals surface area contributed by atoms with Crippen molar-refractivity contribution in [3.05, 3.63) is 94.5 Å². The van der Waals surface area contributed by atoms with E-state index in [0.29, 0.717) is 27.5 Å². The van der Waals surface area contributed by atoms with Crippen molar-refractivity contribution in [1.29, 1.82) is 0 Å². The highest BCUT2D eigenvalue weighted by molar-refractivity contribution is 6.31. The first-order valence-corrected chi connectivity index (χ1v) is 11.5. The first-order chi connectivity index (χ1) is 16.1. The summed E-state index contributed by atoms with van der Waals surface area (Å²) in [6.07, 6.45) is 3.31. The highest BCUT2D eigenvalue weighted by Crippen LogP contribution is 2.33. The van der Waals surface area contributed by atoms with Gasteiger partial charge >= 0.3 is 0 Å². The monoisotopic (exact) mass is 457 g/mol. The molecule has 0 radical (unpaired) electrons. The third-order valence-corrected chi connectivity index (χ3v) is 6.26. The second kappa shape index (κ2) is 9.12. The SMILES string of the molecule is O=C(c1ccc(N=C(c2ccccc2)c2c(O)[nH]c3cc(Cl)ccc23)cc1)N1CCCCC1. The molecule has 5 rings (SSSR count). The molecular formula is C27H24ClN3O2. The van der Waals surface area contributed by atoms with Crippen LogP contribution in [-0.4, -0.2) is 39.7 Å². The van der Waals surface area contributed by atoms with Crippen LogP contribution in [0.1, 0.15) is 40.7 Å². The molecule has 33 heavy (non-hydrogen) atoms. The highest BCUT2D eigenvalue weighted by atomic mass is 35.5. The maximum absolute atomic E-state index is 12.8. The van der Waals surface area contributed by atoms with E-state index in [1.807, 2.05) is 65.6 Å². The zero-order valence-electron chi connectivity index (χ0n) is 18.1. The van der Waals surface area contributed by atoms with Gasteiger partial charge < -0.3 is 15.0 Å². The lowest BCUT2D eigenvalue weighted by molar-refractivity contribution is 0.0724. The highest BCUT2D eigenvalue weighted by Gasteiger charge is 2.20. The van der Waals surface area contributed by atoms with Gasteiger partial charge in [-0.3, -0.25) is 4.79 Å². The number of hydrogen-bond donors (Lipinski definition) is 2. The number of likely N-dealkylation sites (tertiary alicyclic amines) is 1. The number of nitrogens with one attached hydrogen (secondary N) is 1. The Bertz CT molecular complexity index is 1320. The maximum atomic E-state index is 12.8. The molecule has 166 valence electrons. The molecule has 0 atom stereocenters. The van der Waals surface area contributed by atoms with Crippen LogP contribution in [0.2, 0.25) is 5.02 Å². The van der Waals surface area contributed by atoms with Crippen molar-refractivity contribution in [3.8, 4) is 5.88 Å². The summed E-state index contributed by atoms with van der Waals surface area (Å²) in [5.74, 6) is 0.103. The van der Waals surface area contributed by atoms with Crippen molar-refractivity contribution >= 4 is 39.8 Å². The van der Waals surface area contributed by atoms with Crippen LogP contribution in [0, 0.1) is 0 Å². The van der Waals surface area contributed by atoms with Gasteiger partial charge in [-0.2, -0.15) is 0 Å². The first-order valence-electron chi connectivity index (χ1n) is 11.1. The van der Waals surface area contributed by atoms with E-state index >= 15 is 0 Å². The fourth-order valence-corrected chi connectivity index (χ4v) is 4.52. The molecule has 1 aromatic heterocycles. The van der Waals surface area contributed by atoms with Crippen LogP contribution in [0.3, 0.4) is 0 Å². The Kier molecular flexibility index (Phi) is 5.88. The fraction of sp³-hybridized carbons (Fsp3) is 0.185. The Balaban J connectivity index is 1.55. The number of benzene rings is 3. The van der Waals surface area contributed by atoms with Gasteiger partial charge in [0.2, 0.25) is 0 Å². The number of piperidine rings is 1. The molecule has 4 aromatic rings. The summed E-state index contributed by atoms with van der Waals surface area (Å²) in [5, 5.41) is 12.2. The van der Waals surface area contributed by atoms with Crippen LogP contribution in [0.25, 0.3) is 10.9 Å². The molecule has 0 saturated carbocycles. The molecule has 1 aliphatic heterocycles. The molecular weight excluding hydrogens is 434 g/mol. The van der Waals surface area contributed by atoms with Crippen molar-refractivity contribution in [1.82, 2.24) is 9.88 Å². The number of aromatic amines is 1. The molecule has 1 saturated heterocycles. The summed E-state index contributed by atoms with van der Waals surface area (Å²) in [6.45, 7) is 1.64. The number of rotatable bonds is 4. The fourth-order valence-electron chi connectivity index (χ4n) is 4.34. The summed E-state index contributed by atoms with van der Waals surface area (Å²) in [4.78, 5) is 22.6. The van der Waals surface area contributed by atoms with Crippen LogP contribution in [0.4, 0.5) is 5.69 Å². The van der Waals surface area contributed by atoms with Gasteiger partial charge in [-0.25, -0.2) is 4.99 Å². The number of carbonyl (C=O) groups is 1. The molecule has 0 unspecified atom stereocenters. The van der Waals surface area contributed by atoms with Crippen LogP contribution >= 0.6 is 11.6 Å². The molecule has 1 aliphatic rings. The van der Waals surface area contributed by atoms with Crippen molar-refractivity contribution in [2.24, 2.45) is 4.99 Å². The van der Waals surface area contributed by atoms with Crippen LogP contribution < -0.4 is 0 Å². The maximum Gasteiger partial charge on any atom is 0.253 e. The molecule has 0 bridgehead atoms. The molecule has 3 aromatic carbocycles. The molecule has 0 spiro atoms. The second-order valence-electron chi connectivity index (χ2n) is 8.26. The molecule has 5 nitrogen and oxygen atoms in total. The number of carbonyl (C=O) groups excluding carboxylic acids is 1. The zero-order chi connectivity index (χ0) is 22.8. The molecule has 2 N–H and O–H groups in total. The Hall–Kier alpha value is -3.57. The summed E-state index contributed by atoms with van der Waals surface area (Å²) in [7, 11) is 0. The van der Waals surface area contributed by atoms with E-state index in [1.54, 1.807) is 12.1 Å². The quantitative estimate of drug-likeness (QED) is 0.352. The van der Waals surface area contributed by atoms with Gasteiger partial charge in [-0.05, 0) is 55.7 Å². The topological polar surface area (TPSA) is 68.7 Å². The van der Waals surface area contributed by atoms with E-state index in [9.17, 15) is 9.90 Å². The largest absolute Gasteiger partial charge is 0.494 e. The standard InChI is InChI=1S/C27H24ClN3O2/c28-20-11-14-22-23(17-20)30-26(32)24(22)25(18-7-3-1-4-8-18)29-21-12-9-19(10-13-21)27(33)31-15-5-2-6-16-31/h1,3-4,7-14,17,30,32H,2,5-6,15-16H2. The summed E-state index contributed by atoms with van der Waals surface area (Å²) < 4.78 is 0. The van der Waals surface area contributed by atoms with Crippen LogP contribution in [-0.2, 0) is 0 Å². The first kappa shape index (κ1) is 21.3. The van der Waals surface area contributed by atoms with Gasteiger partial charge in [-0.15, -0.1) is 0 Å². The predicted molar refractivity (Wildman–Crippen MR) is 133 cm³/mol. The van der Waals surface area contributed by atoms with E-state index in [-0.39, 0.29) is 11.8 Å². The Morgan fingerprint density at radius 2 is 1.64 bits per heavy atom. The van der Waals surface area contributed by atoms with E-state index in [1.165, 1.54) is 6.42 Å². The minimum atomic E-state index is 0.0340. The van der Waals surface area contributed by atoms with Gasteiger partial charge in [0, 0.05) is 34.6 Å².